The zero-order valence-corrected chi connectivity index (χ0v) is 32.5. The molecule has 0 atom stereocenters. The third-order valence-corrected chi connectivity index (χ3v) is 8.27. The highest BCUT2D eigenvalue weighted by Gasteiger charge is 2.26. The van der Waals surface area contributed by atoms with Crippen molar-refractivity contribution < 1.29 is 44.3 Å². The third-order valence-electron chi connectivity index (χ3n) is 7.11. The first-order chi connectivity index (χ1) is 20.6. The number of aryl methyl sites for hydroxylation is 2. The number of rotatable bonds is 6. The first-order valence-electron chi connectivity index (χ1n) is 15.3. The Balaban J connectivity index is 0. The van der Waals surface area contributed by atoms with E-state index in [-0.39, 0.29) is 21.7 Å². The fraction of sp³-hybridized carbons (Fsp3) is 0.657. The molecule has 11 heteroatoms. The highest BCUT2D eigenvalue weighted by Crippen LogP contribution is 2.41. The van der Waals surface area contributed by atoms with Gasteiger partial charge in [0.25, 0.3) is 0 Å². The lowest BCUT2D eigenvalue weighted by Gasteiger charge is -2.25. The molecule has 0 heterocycles. The molecule has 9 nitrogen and oxygen atoms in total. The van der Waals surface area contributed by atoms with Gasteiger partial charge in [0.05, 0.1) is 31.8 Å². The molecule has 8 N–H and O–H groups in total. The molecule has 0 aliphatic rings. The summed E-state index contributed by atoms with van der Waals surface area (Å²) in [5, 5.41) is 34.0. The van der Waals surface area contributed by atoms with E-state index in [1.165, 1.54) is 33.4 Å². The molecule has 2 aromatic carbocycles. The van der Waals surface area contributed by atoms with Gasteiger partial charge in [0.15, 0.2) is 0 Å². The molecule has 268 valence electrons. The molecule has 0 saturated carbocycles. The van der Waals surface area contributed by atoms with Crippen LogP contribution in [0.4, 0.5) is 0 Å². The Morgan fingerprint density at radius 1 is 0.435 bits per heavy atom. The standard InChI is InChI=1S/2C15H24.C5H12O4.H4O5P2/c2*1-11-8-12(14(2,3)4)10-13(9-11)15(5,6)7;6-1-5(2-7,3-8)4-9;1-6(2)5-7(3)4/h2*8-10H,1-7H3;6-9H,1-4H2;1-4H. The van der Waals surface area contributed by atoms with E-state index >= 15 is 0 Å². The zero-order chi connectivity index (χ0) is 36.9. The predicted molar refractivity (Wildman–Crippen MR) is 192 cm³/mol. The quantitative estimate of drug-likeness (QED) is 0.157. The number of aliphatic hydroxyl groups is 4. The summed E-state index contributed by atoms with van der Waals surface area (Å²) in [6.07, 6.45) is 0. The molecule has 0 aliphatic heterocycles. The summed E-state index contributed by atoms with van der Waals surface area (Å²) < 4.78 is 3.60. The summed E-state index contributed by atoms with van der Waals surface area (Å²) in [5.41, 5.74) is 8.34. The van der Waals surface area contributed by atoms with Gasteiger partial charge in [0.1, 0.15) is 0 Å². The normalized spacial score (nSPS) is 12.5. The molecule has 0 saturated heterocycles. The average molecular weight is 691 g/mol. The minimum atomic E-state index is -2.61. The Bertz CT molecular complexity index is 975. The monoisotopic (exact) mass is 690 g/mol. The summed E-state index contributed by atoms with van der Waals surface area (Å²) in [6.45, 7) is 30.0. The maximum Gasteiger partial charge on any atom is 0.334 e. The van der Waals surface area contributed by atoms with Gasteiger partial charge in [-0.2, -0.15) is 0 Å². The van der Waals surface area contributed by atoms with E-state index in [4.69, 9.17) is 40.0 Å². The fourth-order valence-corrected chi connectivity index (χ4v) is 4.19. The van der Waals surface area contributed by atoms with Crippen LogP contribution in [0, 0.1) is 19.3 Å². The van der Waals surface area contributed by atoms with E-state index in [1.807, 2.05) is 0 Å². The molecular weight excluding hydrogens is 626 g/mol. The molecule has 46 heavy (non-hydrogen) atoms. The second-order valence-corrected chi connectivity index (χ2v) is 17.6. The van der Waals surface area contributed by atoms with Crippen LogP contribution in [-0.4, -0.2) is 66.4 Å². The van der Waals surface area contributed by atoms with Crippen LogP contribution in [0.1, 0.15) is 116 Å². The molecule has 0 aliphatic carbocycles. The van der Waals surface area contributed by atoms with Gasteiger partial charge in [-0.15, -0.1) is 0 Å². The first-order valence-corrected chi connectivity index (χ1v) is 17.6. The highest BCUT2D eigenvalue weighted by atomic mass is 31.2. The van der Waals surface area contributed by atoms with E-state index in [2.05, 4.69) is 138 Å². The number of hydrogen-bond acceptors (Lipinski definition) is 9. The number of benzene rings is 2. The van der Waals surface area contributed by atoms with Gasteiger partial charge in [0.2, 0.25) is 0 Å². The highest BCUT2D eigenvalue weighted by molar-refractivity contribution is 7.53. The SMILES string of the molecule is Cc1cc(C(C)(C)C)cc(C(C)(C)C)c1.Cc1cc(C(C)(C)C)cc(C(C)(C)C)c1.OCC(CO)(CO)CO.OP(O)OP(O)O. The van der Waals surface area contributed by atoms with Crippen LogP contribution < -0.4 is 0 Å². The Kier molecular flexibility index (Phi) is 20.3. The molecule has 0 fully saturated rings. The molecule has 0 aromatic heterocycles. The Morgan fingerprint density at radius 3 is 0.717 bits per heavy atom. The van der Waals surface area contributed by atoms with Crippen molar-refractivity contribution in [3.63, 3.8) is 0 Å². The topological polar surface area (TPSA) is 171 Å². The Morgan fingerprint density at radius 2 is 0.630 bits per heavy atom. The summed E-state index contributed by atoms with van der Waals surface area (Å²) in [4.78, 5) is 31.3. The van der Waals surface area contributed by atoms with Crippen LogP contribution in [0.3, 0.4) is 0 Å². The van der Waals surface area contributed by atoms with E-state index in [0.29, 0.717) is 0 Å². The van der Waals surface area contributed by atoms with Crippen LogP contribution in [0.25, 0.3) is 0 Å². The second-order valence-electron chi connectivity index (χ2n) is 15.9. The van der Waals surface area contributed by atoms with Gasteiger partial charge in [-0.25, -0.2) is 4.31 Å². The molecule has 0 unspecified atom stereocenters. The molecule has 0 spiro atoms. The maximum absolute atomic E-state index is 8.50. The maximum atomic E-state index is 8.50. The van der Waals surface area contributed by atoms with Gasteiger partial charge < -0.3 is 40.0 Å². The minimum absolute atomic E-state index is 0.242. The molecule has 0 radical (unpaired) electrons. The summed E-state index contributed by atoms with van der Waals surface area (Å²) in [7, 11) is -5.22. The van der Waals surface area contributed by atoms with E-state index in [0.717, 1.165) is 0 Å². The first kappa shape index (κ1) is 47.1. The third kappa shape index (κ3) is 19.1. The Hall–Kier alpha value is -1.06. The summed E-state index contributed by atoms with van der Waals surface area (Å²) in [6, 6.07) is 13.9. The van der Waals surface area contributed by atoms with Crippen molar-refractivity contribution in [1.29, 1.82) is 0 Å². The van der Waals surface area contributed by atoms with Crippen molar-refractivity contribution in [2.45, 2.75) is 119 Å². The van der Waals surface area contributed by atoms with Gasteiger partial charge in [-0.1, -0.05) is 131 Å². The van der Waals surface area contributed by atoms with Crippen molar-refractivity contribution in [3.05, 3.63) is 69.8 Å². The van der Waals surface area contributed by atoms with E-state index in [9.17, 15) is 0 Å². The summed E-state index contributed by atoms with van der Waals surface area (Å²) >= 11 is 0. The van der Waals surface area contributed by atoms with Gasteiger partial charge in [-0.3, -0.25) is 0 Å². The van der Waals surface area contributed by atoms with Crippen LogP contribution >= 0.6 is 17.2 Å². The lowest BCUT2D eigenvalue weighted by molar-refractivity contribution is -0.0328. The van der Waals surface area contributed by atoms with Crippen LogP contribution in [0.15, 0.2) is 36.4 Å². The van der Waals surface area contributed by atoms with Gasteiger partial charge in [-0.05, 0) is 57.8 Å². The van der Waals surface area contributed by atoms with Crippen molar-refractivity contribution in [3.8, 4) is 0 Å². The van der Waals surface area contributed by atoms with Crippen molar-refractivity contribution >= 4 is 17.2 Å². The summed E-state index contributed by atoms with van der Waals surface area (Å²) in [5.74, 6) is 0. The lowest BCUT2D eigenvalue weighted by atomic mass is 9.80. The van der Waals surface area contributed by atoms with Crippen molar-refractivity contribution in [1.82, 2.24) is 0 Å². The van der Waals surface area contributed by atoms with Crippen molar-refractivity contribution in [2.24, 2.45) is 5.41 Å². The lowest BCUT2D eigenvalue weighted by Crippen LogP contribution is -2.37. The second kappa shape index (κ2) is 19.8. The van der Waals surface area contributed by atoms with Gasteiger partial charge >= 0.3 is 17.2 Å². The number of aliphatic hydroxyl groups excluding tert-OH is 4. The van der Waals surface area contributed by atoms with Crippen LogP contribution in [0.5, 0.6) is 0 Å². The fourth-order valence-electron chi connectivity index (χ4n) is 3.66. The van der Waals surface area contributed by atoms with Gasteiger partial charge in [0, 0.05) is 0 Å². The molecular formula is C35H64O9P2. The average Bonchev–Trinajstić information content (AvgIpc) is 2.88. The minimum Gasteiger partial charge on any atom is -0.396 e. The molecule has 2 aromatic rings. The predicted octanol–water partition coefficient (Wildman–Crippen LogP) is 6.55. The number of hydrogen-bond donors (Lipinski definition) is 8. The van der Waals surface area contributed by atoms with E-state index < -0.39 is 49.0 Å². The van der Waals surface area contributed by atoms with Crippen LogP contribution in [-0.2, 0) is 26.0 Å². The van der Waals surface area contributed by atoms with Crippen molar-refractivity contribution in [2.75, 3.05) is 26.4 Å². The molecule has 0 bridgehead atoms. The Labute approximate surface area is 281 Å². The smallest absolute Gasteiger partial charge is 0.334 e. The molecule has 2 rings (SSSR count). The largest absolute Gasteiger partial charge is 0.396 e. The van der Waals surface area contributed by atoms with E-state index in [1.54, 1.807) is 0 Å². The van der Waals surface area contributed by atoms with Crippen LogP contribution in [0.2, 0.25) is 0 Å². The molecule has 0 amide bonds. The zero-order valence-electron chi connectivity index (χ0n) is 30.7.